The van der Waals surface area contributed by atoms with Gasteiger partial charge < -0.3 is 0 Å². The van der Waals surface area contributed by atoms with Crippen LogP contribution in [0.3, 0.4) is 0 Å². The standard InChI is InChI=1S/C23H16ClF3N2O3S/c1-2-17-11-18-20(31)29(16-8-4-7-15(24)10-16)22(32)28(21(18)33-17)12-19(30)13-5-3-6-14(9-13)23(25,26)27/h3-11H,2,12H2,1H3. The van der Waals surface area contributed by atoms with Crippen LogP contribution in [0.2, 0.25) is 5.02 Å². The van der Waals surface area contributed by atoms with Crippen molar-refractivity contribution in [2.45, 2.75) is 26.1 Å². The molecule has 2 aromatic carbocycles. The molecule has 4 aromatic rings. The van der Waals surface area contributed by atoms with Crippen LogP contribution in [0.1, 0.15) is 27.7 Å². The molecule has 33 heavy (non-hydrogen) atoms. The van der Waals surface area contributed by atoms with Crippen LogP contribution in [0.15, 0.2) is 64.2 Å². The Hall–Kier alpha value is -3.17. The normalized spacial score (nSPS) is 11.8. The first-order valence-electron chi connectivity index (χ1n) is 9.85. The number of benzene rings is 2. The van der Waals surface area contributed by atoms with Crippen molar-refractivity contribution in [2.75, 3.05) is 0 Å². The van der Waals surface area contributed by atoms with Gasteiger partial charge in [-0.05, 0) is 42.8 Å². The first-order valence-corrected chi connectivity index (χ1v) is 11.0. The van der Waals surface area contributed by atoms with E-state index in [1.807, 2.05) is 6.92 Å². The van der Waals surface area contributed by atoms with Crippen LogP contribution in [0, 0.1) is 0 Å². The van der Waals surface area contributed by atoms with Crippen molar-refractivity contribution in [3.8, 4) is 5.69 Å². The van der Waals surface area contributed by atoms with Crippen LogP contribution in [0.5, 0.6) is 0 Å². The zero-order valence-corrected chi connectivity index (χ0v) is 18.7. The van der Waals surface area contributed by atoms with Crippen LogP contribution in [0.4, 0.5) is 13.2 Å². The Morgan fingerprint density at radius 3 is 2.45 bits per heavy atom. The van der Waals surface area contributed by atoms with Crippen LogP contribution < -0.4 is 11.2 Å². The number of hydrogen-bond donors (Lipinski definition) is 0. The second kappa shape index (κ2) is 8.64. The molecule has 0 amide bonds. The van der Waals surface area contributed by atoms with Crippen molar-refractivity contribution in [1.82, 2.24) is 9.13 Å². The number of rotatable bonds is 5. The quantitative estimate of drug-likeness (QED) is 0.354. The lowest BCUT2D eigenvalue weighted by molar-refractivity contribution is -0.137. The predicted molar refractivity (Wildman–Crippen MR) is 122 cm³/mol. The van der Waals surface area contributed by atoms with E-state index in [1.165, 1.54) is 29.5 Å². The van der Waals surface area contributed by atoms with Crippen molar-refractivity contribution >= 4 is 38.9 Å². The Kier molecular flexibility index (Phi) is 6.02. The maximum Gasteiger partial charge on any atom is 0.416 e. The first-order chi connectivity index (χ1) is 15.6. The molecule has 0 radical (unpaired) electrons. The van der Waals surface area contributed by atoms with E-state index in [-0.39, 0.29) is 16.6 Å². The van der Waals surface area contributed by atoms with E-state index >= 15 is 0 Å². The summed E-state index contributed by atoms with van der Waals surface area (Å²) < 4.78 is 41.3. The summed E-state index contributed by atoms with van der Waals surface area (Å²) in [5.74, 6) is -0.688. The maximum atomic E-state index is 13.4. The van der Waals surface area contributed by atoms with Gasteiger partial charge in [0, 0.05) is 15.5 Å². The molecule has 0 N–H and O–H groups in total. The molecule has 0 fully saturated rings. The van der Waals surface area contributed by atoms with Gasteiger partial charge in [0.15, 0.2) is 5.78 Å². The molecule has 0 bridgehead atoms. The number of ketones is 1. The van der Waals surface area contributed by atoms with Gasteiger partial charge in [-0.25, -0.2) is 9.36 Å². The Morgan fingerprint density at radius 2 is 1.79 bits per heavy atom. The largest absolute Gasteiger partial charge is 0.416 e. The minimum absolute atomic E-state index is 0.183. The van der Waals surface area contributed by atoms with Crippen molar-refractivity contribution in [3.63, 3.8) is 0 Å². The average molecular weight is 493 g/mol. The zero-order valence-electron chi connectivity index (χ0n) is 17.1. The number of carbonyl (C=O) groups is 1. The number of thiophene rings is 1. The molecule has 0 saturated carbocycles. The molecular weight excluding hydrogens is 477 g/mol. The van der Waals surface area contributed by atoms with Gasteiger partial charge in [-0.3, -0.25) is 14.2 Å². The lowest BCUT2D eigenvalue weighted by Crippen LogP contribution is -2.39. The number of Topliss-reactive ketones (excluding diaryl/α,β-unsaturated/α-hetero) is 1. The lowest BCUT2D eigenvalue weighted by atomic mass is 10.1. The molecule has 0 aliphatic carbocycles. The molecule has 170 valence electrons. The number of carbonyl (C=O) groups excluding carboxylic acids is 1. The van der Waals surface area contributed by atoms with Crippen LogP contribution >= 0.6 is 22.9 Å². The third-order valence-electron chi connectivity index (χ3n) is 5.09. The highest BCUT2D eigenvalue weighted by Gasteiger charge is 2.31. The second-order valence-electron chi connectivity index (χ2n) is 7.28. The van der Waals surface area contributed by atoms with Gasteiger partial charge in [0.25, 0.3) is 5.56 Å². The van der Waals surface area contributed by atoms with Crippen molar-refractivity contribution in [3.05, 3.63) is 96.5 Å². The number of fused-ring (bicyclic) bond motifs is 1. The summed E-state index contributed by atoms with van der Waals surface area (Å²) in [6, 6.07) is 11.8. The summed E-state index contributed by atoms with van der Waals surface area (Å²) in [5.41, 5.74) is -2.25. The van der Waals surface area contributed by atoms with E-state index in [0.717, 1.165) is 32.2 Å². The molecular formula is C23H16ClF3N2O3S. The minimum Gasteiger partial charge on any atom is -0.292 e. The van der Waals surface area contributed by atoms with E-state index in [0.29, 0.717) is 16.3 Å². The highest BCUT2D eigenvalue weighted by Crippen LogP contribution is 2.30. The number of halogens is 4. The van der Waals surface area contributed by atoms with Gasteiger partial charge in [-0.1, -0.05) is 36.7 Å². The van der Waals surface area contributed by atoms with Crippen LogP contribution in [0.25, 0.3) is 15.9 Å². The van der Waals surface area contributed by atoms with Gasteiger partial charge in [-0.15, -0.1) is 11.3 Å². The molecule has 0 aliphatic heterocycles. The number of nitrogens with zero attached hydrogens (tertiary/aromatic N) is 2. The fraction of sp³-hybridized carbons (Fsp3) is 0.174. The molecule has 0 spiro atoms. The molecule has 0 unspecified atom stereocenters. The molecule has 0 saturated heterocycles. The average Bonchev–Trinajstić information content (AvgIpc) is 3.21. The Bertz CT molecular complexity index is 1500. The molecule has 2 aromatic heterocycles. The fourth-order valence-electron chi connectivity index (χ4n) is 3.46. The van der Waals surface area contributed by atoms with Gasteiger partial charge in [0.2, 0.25) is 0 Å². The second-order valence-corrected chi connectivity index (χ2v) is 8.83. The molecule has 0 atom stereocenters. The Labute approximate surface area is 194 Å². The Balaban J connectivity index is 1.90. The summed E-state index contributed by atoms with van der Waals surface area (Å²) >= 11 is 7.23. The molecule has 10 heteroatoms. The summed E-state index contributed by atoms with van der Waals surface area (Å²) in [7, 11) is 0. The number of aryl methyl sites for hydroxylation is 1. The van der Waals surface area contributed by atoms with Crippen LogP contribution in [-0.4, -0.2) is 14.9 Å². The summed E-state index contributed by atoms with van der Waals surface area (Å²) in [6.45, 7) is 1.36. The van der Waals surface area contributed by atoms with Gasteiger partial charge in [0.1, 0.15) is 4.83 Å². The summed E-state index contributed by atoms with van der Waals surface area (Å²) in [4.78, 5) is 40.6. The first kappa shape index (κ1) is 23.0. The van der Waals surface area contributed by atoms with Crippen LogP contribution in [-0.2, 0) is 19.1 Å². The number of hydrogen-bond acceptors (Lipinski definition) is 4. The maximum absolute atomic E-state index is 13.4. The zero-order chi connectivity index (χ0) is 23.9. The lowest BCUT2D eigenvalue weighted by Gasteiger charge is -2.13. The van der Waals surface area contributed by atoms with E-state index in [4.69, 9.17) is 11.6 Å². The fourth-order valence-corrected chi connectivity index (χ4v) is 4.72. The molecule has 0 aliphatic rings. The Morgan fingerprint density at radius 1 is 1.06 bits per heavy atom. The summed E-state index contributed by atoms with van der Waals surface area (Å²) in [5, 5.41) is 0.554. The molecule has 4 rings (SSSR count). The highest BCUT2D eigenvalue weighted by molar-refractivity contribution is 7.18. The number of aromatic nitrogens is 2. The van der Waals surface area contributed by atoms with Crippen molar-refractivity contribution in [2.24, 2.45) is 0 Å². The van der Waals surface area contributed by atoms with E-state index < -0.39 is 35.3 Å². The third-order valence-corrected chi connectivity index (χ3v) is 6.63. The van der Waals surface area contributed by atoms with E-state index in [2.05, 4.69) is 0 Å². The SMILES string of the molecule is CCc1cc2c(=O)n(-c3cccc(Cl)c3)c(=O)n(CC(=O)c3cccc(C(F)(F)F)c3)c2s1. The minimum atomic E-state index is -4.61. The monoisotopic (exact) mass is 492 g/mol. The molecule has 5 nitrogen and oxygen atoms in total. The van der Waals surface area contributed by atoms with Gasteiger partial charge in [0.05, 0.1) is 23.2 Å². The highest BCUT2D eigenvalue weighted by atomic mass is 35.5. The molecule has 2 heterocycles. The van der Waals surface area contributed by atoms with E-state index in [1.54, 1.807) is 18.2 Å². The third kappa shape index (κ3) is 4.38. The van der Waals surface area contributed by atoms with Crippen molar-refractivity contribution in [1.29, 1.82) is 0 Å². The predicted octanol–water partition coefficient (Wildman–Crippen LogP) is 5.33. The summed E-state index contributed by atoms with van der Waals surface area (Å²) in [6.07, 6.45) is -4.00. The van der Waals surface area contributed by atoms with E-state index in [9.17, 15) is 27.6 Å². The topological polar surface area (TPSA) is 61.1 Å². The van der Waals surface area contributed by atoms with Gasteiger partial charge >= 0.3 is 11.9 Å². The van der Waals surface area contributed by atoms with Gasteiger partial charge in [-0.2, -0.15) is 13.2 Å². The smallest absolute Gasteiger partial charge is 0.292 e. The number of alkyl halides is 3. The van der Waals surface area contributed by atoms with Crippen molar-refractivity contribution < 1.29 is 18.0 Å².